The van der Waals surface area contributed by atoms with Crippen molar-refractivity contribution >= 4 is 44.7 Å². The summed E-state index contributed by atoms with van der Waals surface area (Å²) < 4.78 is 47.3. The number of rotatable bonds is 7. The molecule has 0 unspecified atom stereocenters. The number of para-hydroxylation sites is 1. The summed E-state index contributed by atoms with van der Waals surface area (Å²) in [6.07, 6.45) is 14.4. The van der Waals surface area contributed by atoms with Crippen LogP contribution in [0.4, 0.5) is 4.79 Å². The molecule has 2 aromatic rings. The number of benzene rings is 1. The number of alkyl carbamates (subject to hydrolysis) is 1. The van der Waals surface area contributed by atoms with Gasteiger partial charge in [0.1, 0.15) is 42.2 Å². The zero-order chi connectivity index (χ0) is 43.1. The van der Waals surface area contributed by atoms with Crippen molar-refractivity contribution in [2.75, 3.05) is 32.8 Å². The van der Waals surface area contributed by atoms with Gasteiger partial charge in [-0.1, -0.05) is 50.0 Å². The molecule has 16 heteroatoms. The van der Waals surface area contributed by atoms with Crippen molar-refractivity contribution in [2.24, 2.45) is 11.8 Å². The van der Waals surface area contributed by atoms with Gasteiger partial charge >= 0.3 is 6.09 Å². The molecular weight excluding hydrogens is 813 g/mol. The van der Waals surface area contributed by atoms with E-state index in [4.69, 9.17) is 19.2 Å². The quantitative estimate of drug-likeness (QED) is 0.317. The lowest BCUT2D eigenvalue weighted by Gasteiger charge is -2.30. The monoisotopic (exact) mass is 874 g/mol. The highest BCUT2D eigenvalue weighted by molar-refractivity contribution is 7.91. The van der Waals surface area contributed by atoms with E-state index in [1.165, 1.54) is 17.7 Å². The van der Waals surface area contributed by atoms with Crippen LogP contribution in [0.3, 0.4) is 0 Å². The number of allylic oxidation sites excluding steroid dienone is 1. The second kappa shape index (κ2) is 17.6. The maximum absolute atomic E-state index is 14.8. The molecule has 336 valence electrons. The van der Waals surface area contributed by atoms with Gasteiger partial charge in [0, 0.05) is 24.3 Å². The molecular formula is C46H62N6O9S. The average Bonchev–Trinajstić information content (AvgIpc) is 4.19. The molecule has 7 aliphatic rings. The summed E-state index contributed by atoms with van der Waals surface area (Å²) in [5.74, 6) is -0.815. The molecule has 62 heavy (non-hydrogen) atoms. The van der Waals surface area contributed by atoms with E-state index >= 15 is 0 Å². The fourth-order valence-corrected chi connectivity index (χ4v) is 11.2. The highest BCUT2D eigenvalue weighted by Gasteiger charge is 2.63. The van der Waals surface area contributed by atoms with Crippen LogP contribution in [0, 0.1) is 11.8 Å². The molecule has 1 aromatic carbocycles. The first-order chi connectivity index (χ1) is 29.9. The number of nitrogens with one attached hydrogen (secondary N) is 3. The molecule has 15 nitrogen and oxygen atoms in total. The third kappa shape index (κ3) is 9.13. The number of ether oxygens (including phenoxy) is 3. The van der Waals surface area contributed by atoms with E-state index in [0.29, 0.717) is 56.5 Å². The molecule has 3 N–H and O–H groups in total. The van der Waals surface area contributed by atoms with Gasteiger partial charge in [0.05, 0.1) is 22.4 Å². The first-order valence-corrected chi connectivity index (χ1v) is 24.7. The molecule has 4 aliphatic heterocycles. The molecule has 0 spiro atoms. The van der Waals surface area contributed by atoms with Crippen LogP contribution in [0.15, 0.2) is 36.4 Å². The third-order valence-electron chi connectivity index (χ3n) is 14.4. The van der Waals surface area contributed by atoms with Crippen LogP contribution in [0.25, 0.3) is 10.9 Å². The van der Waals surface area contributed by atoms with Gasteiger partial charge < -0.3 is 29.7 Å². The van der Waals surface area contributed by atoms with Crippen LogP contribution >= 0.6 is 0 Å². The van der Waals surface area contributed by atoms with Gasteiger partial charge in [-0.25, -0.2) is 18.2 Å². The number of fused-ring (bicyclic) bond motifs is 6. The first kappa shape index (κ1) is 42.8. The number of hydrogen-bond acceptors (Lipinski definition) is 11. The minimum atomic E-state index is -3.99. The highest BCUT2D eigenvalue weighted by atomic mass is 32.2. The van der Waals surface area contributed by atoms with E-state index in [1.807, 2.05) is 36.4 Å². The summed E-state index contributed by atoms with van der Waals surface area (Å²) in [4.78, 5) is 65.9. The maximum atomic E-state index is 14.8. The van der Waals surface area contributed by atoms with Crippen LogP contribution in [0.5, 0.6) is 11.6 Å². The summed E-state index contributed by atoms with van der Waals surface area (Å²) in [6, 6.07) is 5.81. The standard InChI is InChI=1S/C46H62N6O9S/c1-45(20-21-45)62(57,58)50-43(55)46-28-31(46)15-7-3-2-4-9-19-36-42(54)52-29-32(27-37(52)40(53)49-46)60-41-34(17-8-5-6-14-30-26-38(30)61-44(56)48-36)39(33-16-10-11-18-35(33)47-41)59-25-24-51-22-12-13-23-51/h7,10-11,15-16,18,30-32,36-38H,2-6,8-9,12-14,17,19-29H2,1H3,(H,48,56)(H,49,53)(H,50,55)/b15-7-/t30-,31-,32-,36+,37+,38-,46-/m1/s1. The maximum Gasteiger partial charge on any atom is 0.408 e. The van der Waals surface area contributed by atoms with Gasteiger partial charge in [-0.15, -0.1) is 0 Å². The molecule has 5 heterocycles. The number of aromatic nitrogens is 1. The SMILES string of the molecule is CC1(S(=O)(=O)NC(=O)[C@@]23C[C@H]2/C=C\CCCCC[C@@H]2NC(=O)O[C@@H]4C[C@H]4CCCCCc4c(nc5ccccc5c4OCCN4CCCC4)O[C@@H]4C[C@@H](C(=O)N3)N(C4)C2=O)CC1. The normalized spacial score (nSPS) is 32.1. The van der Waals surface area contributed by atoms with Gasteiger partial charge in [0.2, 0.25) is 27.7 Å². The number of pyridine rings is 1. The third-order valence-corrected chi connectivity index (χ3v) is 16.6. The van der Waals surface area contributed by atoms with Crippen LogP contribution in [-0.4, -0.2) is 114 Å². The van der Waals surface area contributed by atoms with Gasteiger partial charge in [-0.05, 0) is 115 Å². The van der Waals surface area contributed by atoms with Crippen molar-refractivity contribution in [3.63, 3.8) is 0 Å². The Kier molecular flexibility index (Phi) is 12.2. The number of sulfonamides is 1. The molecule has 5 fully saturated rings. The number of nitrogens with zero attached hydrogens (tertiary/aromatic N) is 3. The van der Waals surface area contributed by atoms with Crippen molar-refractivity contribution in [2.45, 2.75) is 151 Å². The Bertz CT molecular complexity index is 2190. The second-order valence-corrected chi connectivity index (χ2v) is 21.3. The van der Waals surface area contributed by atoms with E-state index in [9.17, 15) is 27.6 Å². The lowest BCUT2D eigenvalue weighted by atomic mass is 10.0. The molecule has 3 bridgehead atoms. The van der Waals surface area contributed by atoms with Gasteiger partial charge in [-0.2, -0.15) is 0 Å². The van der Waals surface area contributed by atoms with Crippen LogP contribution in [0.1, 0.15) is 115 Å². The van der Waals surface area contributed by atoms with Crippen LogP contribution < -0.4 is 24.8 Å². The lowest BCUT2D eigenvalue weighted by Crippen LogP contribution is -2.58. The fourth-order valence-electron chi connectivity index (χ4n) is 9.94. The van der Waals surface area contributed by atoms with Gasteiger partial charge in [0.25, 0.3) is 5.91 Å². The van der Waals surface area contributed by atoms with E-state index in [1.54, 1.807) is 6.92 Å². The predicted molar refractivity (Wildman–Crippen MR) is 231 cm³/mol. The minimum absolute atomic E-state index is 0.0171. The Hall–Kier alpha value is -4.44. The summed E-state index contributed by atoms with van der Waals surface area (Å²) in [5.41, 5.74) is 0.0606. The van der Waals surface area contributed by atoms with Gasteiger partial charge in [-0.3, -0.25) is 24.0 Å². The lowest BCUT2D eigenvalue weighted by molar-refractivity contribution is -0.141. The van der Waals surface area contributed by atoms with Crippen LogP contribution in [-0.2, 0) is 35.6 Å². The smallest absolute Gasteiger partial charge is 0.408 e. The van der Waals surface area contributed by atoms with Crippen LogP contribution in [0.2, 0.25) is 0 Å². The second-order valence-electron chi connectivity index (χ2n) is 19.1. The molecule has 2 saturated heterocycles. The van der Waals surface area contributed by atoms with Crippen molar-refractivity contribution in [1.29, 1.82) is 0 Å². The molecule has 9 rings (SSSR count). The Morgan fingerprint density at radius 3 is 2.60 bits per heavy atom. The van der Waals surface area contributed by atoms with Crippen molar-refractivity contribution in [1.82, 2.24) is 30.1 Å². The first-order valence-electron chi connectivity index (χ1n) is 23.2. The van der Waals surface area contributed by atoms with E-state index in [2.05, 4.69) is 20.3 Å². The Morgan fingerprint density at radius 2 is 1.77 bits per heavy atom. The molecule has 1 aromatic heterocycles. The molecule has 4 amide bonds. The number of carbonyl (C=O) groups is 4. The zero-order valence-corrected chi connectivity index (χ0v) is 36.7. The van der Waals surface area contributed by atoms with Crippen molar-refractivity contribution in [3.8, 4) is 11.6 Å². The van der Waals surface area contributed by atoms with Gasteiger partial charge in [0.15, 0.2) is 0 Å². The number of likely N-dealkylation sites (tertiary alicyclic amines) is 1. The van der Waals surface area contributed by atoms with E-state index < -0.39 is 68.2 Å². The Labute approximate surface area is 364 Å². The molecule has 3 aliphatic carbocycles. The number of amides is 4. The molecule has 3 saturated carbocycles. The predicted octanol–water partition coefficient (Wildman–Crippen LogP) is 5.05. The zero-order valence-electron chi connectivity index (χ0n) is 35.9. The number of carbonyl (C=O) groups excluding carboxylic acids is 4. The minimum Gasteiger partial charge on any atom is -0.491 e. The largest absolute Gasteiger partial charge is 0.491 e. The summed E-state index contributed by atoms with van der Waals surface area (Å²) in [7, 11) is -3.99. The van der Waals surface area contributed by atoms with Crippen molar-refractivity contribution < 1.29 is 41.8 Å². The van der Waals surface area contributed by atoms with E-state index in [-0.39, 0.29) is 31.4 Å². The highest BCUT2D eigenvalue weighted by Crippen LogP contribution is 2.48. The Morgan fingerprint density at radius 1 is 0.984 bits per heavy atom. The molecule has 7 atom stereocenters. The topological polar surface area (TPSA) is 186 Å². The molecule has 0 radical (unpaired) electrons. The van der Waals surface area contributed by atoms with Crippen molar-refractivity contribution in [3.05, 3.63) is 42.0 Å². The fraction of sp³-hybridized carbons (Fsp3) is 0.674. The summed E-state index contributed by atoms with van der Waals surface area (Å²) in [5, 5.41) is 6.74. The van der Waals surface area contributed by atoms with E-state index in [0.717, 1.165) is 81.3 Å². The summed E-state index contributed by atoms with van der Waals surface area (Å²) in [6.45, 7) is 5.07. The average molecular weight is 875 g/mol. The Balaban J connectivity index is 1.05. The summed E-state index contributed by atoms with van der Waals surface area (Å²) >= 11 is 0. The number of hydrogen-bond donors (Lipinski definition) is 3.